The van der Waals surface area contributed by atoms with Crippen LogP contribution in [0.25, 0.3) is 22.3 Å². The number of nitrogens with one attached hydrogen (secondary N) is 2. The van der Waals surface area contributed by atoms with E-state index in [0.29, 0.717) is 60.0 Å². The van der Waals surface area contributed by atoms with Crippen molar-refractivity contribution in [2.45, 2.75) is 76.3 Å². The molecule has 3 aromatic carbocycles. The molecule has 58 heavy (non-hydrogen) atoms. The Bertz CT molecular complexity index is 2360. The van der Waals surface area contributed by atoms with E-state index in [4.69, 9.17) is 15.6 Å². The highest BCUT2D eigenvalue weighted by Gasteiger charge is 2.44. The summed E-state index contributed by atoms with van der Waals surface area (Å²) in [5.74, 6) is -0.118. The van der Waals surface area contributed by atoms with Crippen LogP contribution >= 0.6 is 0 Å². The minimum absolute atomic E-state index is 0.0509. The number of fused-ring (bicyclic) bond motifs is 2. The van der Waals surface area contributed by atoms with E-state index in [9.17, 15) is 24.0 Å². The number of nitrogens with two attached hydrogens (primary N) is 1. The number of hydrogen-bond donors (Lipinski definition) is 3. The highest BCUT2D eigenvalue weighted by atomic mass is 16.5. The molecule has 3 aliphatic heterocycles. The summed E-state index contributed by atoms with van der Waals surface area (Å²) < 4.78 is 7.89. The van der Waals surface area contributed by atoms with Crippen molar-refractivity contribution in [2.24, 2.45) is 0 Å². The number of likely N-dealkylation sites (tertiary alicyclic amines) is 1. The number of aromatic nitrogens is 4. The fourth-order valence-corrected chi connectivity index (χ4v) is 8.04. The number of imide groups is 2. The molecule has 3 aliphatic rings. The average molecular weight is 784 g/mol. The summed E-state index contributed by atoms with van der Waals surface area (Å²) in [5, 5.41) is 11.3. The molecular weight excluding hydrogens is 739 g/mol. The van der Waals surface area contributed by atoms with Crippen LogP contribution in [0.1, 0.15) is 91.0 Å². The van der Waals surface area contributed by atoms with Gasteiger partial charge in [-0.2, -0.15) is 5.10 Å². The average Bonchev–Trinajstić information content (AvgIpc) is 3.75. The normalized spacial score (nSPS) is 18.1. The molecular formula is C43H45N9O6. The summed E-state index contributed by atoms with van der Waals surface area (Å²) >= 11 is 0. The first-order valence-corrected chi connectivity index (χ1v) is 19.9. The van der Waals surface area contributed by atoms with Gasteiger partial charge in [-0.15, -0.1) is 0 Å². The SMILES string of the molecule is Nc1ncnc2c1c(-c1ccc(Oc3ccccc3)cc1)nn2[C@@H]1CCCN(C(=O)CCCCCCCNc2ccc3c(c2)C(=O)N(C2CCC(=O)NC2=O)C3=O)C1. The Hall–Kier alpha value is -6.64. The Morgan fingerprint density at radius 2 is 1.62 bits per heavy atom. The maximum absolute atomic E-state index is 13.4. The molecule has 2 aromatic heterocycles. The van der Waals surface area contributed by atoms with Gasteiger partial charge in [-0.3, -0.25) is 34.2 Å². The number of benzene rings is 3. The van der Waals surface area contributed by atoms with Crippen molar-refractivity contribution in [1.29, 1.82) is 0 Å². The van der Waals surface area contributed by atoms with Gasteiger partial charge in [0.05, 0.1) is 22.6 Å². The second-order valence-corrected chi connectivity index (χ2v) is 15.0. The van der Waals surface area contributed by atoms with Crippen LogP contribution in [0.4, 0.5) is 11.5 Å². The third-order valence-corrected chi connectivity index (χ3v) is 11.1. The third kappa shape index (κ3) is 7.97. The number of para-hydroxylation sites is 1. The quantitative estimate of drug-likeness (QED) is 0.0899. The highest BCUT2D eigenvalue weighted by molar-refractivity contribution is 6.23. The van der Waals surface area contributed by atoms with Crippen molar-refractivity contribution in [2.75, 3.05) is 30.7 Å². The summed E-state index contributed by atoms with van der Waals surface area (Å²) in [6.45, 7) is 1.94. The monoisotopic (exact) mass is 783 g/mol. The fourth-order valence-electron chi connectivity index (χ4n) is 8.04. The molecule has 5 heterocycles. The predicted octanol–water partition coefficient (Wildman–Crippen LogP) is 5.89. The van der Waals surface area contributed by atoms with Gasteiger partial charge in [-0.1, -0.05) is 37.5 Å². The first kappa shape index (κ1) is 38.2. The van der Waals surface area contributed by atoms with Crippen LogP contribution in [0.3, 0.4) is 0 Å². The van der Waals surface area contributed by atoms with Gasteiger partial charge < -0.3 is 20.7 Å². The standard InChI is InChI=1S/C43H45N9O6/c44-39-37-38(27-14-17-31(18-15-27)58-30-11-5-4-6-12-30)49-52(40(37)47-26-46-39)29-10-9-23-50(25-29)36(54)13-7-2-1-3-8-22-45-28-16-19-32-33(24-28)43(57)51(42(32)56)34-20-21-35(53)48-41(34)55/h4-6,11-12,14-19,24,26,29,34,45H,1-3,7-10,13,20-23,25H2,(H2,44,46,47)(H,48,53,55)/t29-,34?/m1/s1. The largest absolute Gasteiger partial charge is 0.457 e. The van der Waals surface area contributed by atoms with Crippen LogP contribution in [0.2, 0.25) is 0 Å². The van der Waals surface area contributed by atoms with Gasteiger partial charge >= 0.3 is 0 Å². The molecule has 4 N–H and O–H groups in total. The molecule has 298 valence electrons. The lowest BCUT2D eigenvalue weighted by Gasteiger charge is -2.33. The van der Waals surface area contributed by atoms with E-state index in [1.165, 1.54) is 6.33 Å². The number of nitrogen functional groups attached to an aromatic ring is 1. The summed E-state index contributed by atoms with van der Waals surface area (Å²) in [6, 6.07) is 21.3. The molecule has 5 aromatic rings. The van der Waals surface area contributed by atoms with Crippen molar-refractivity contribution in [3.05, 3.63) is 90.3 Å². The number of carbonyl (C=O) groups is 5. The van der Waals surface area contributed by atoms with Gasteiger partial charge in [0.1, 0.15) is 35.4 Å². The minimum Gasteiger partial charge on any atom is -0.457 e. The second kappa shape index (κ2) is 16.8. The van der Waals surface area contributed by atoms with Crippen molar-refractivity contribution >= 4 is 52.1 Å². The number of carbonyl (C=O) groups excluding carboxylic acids is 5. The van der Waals surface area contributed by atoms with Crippen molar-refractivity contribution in [1.82, 2.24) is 34.9 Å². The number of anilines is 2. The molecule has 0 aliphatic carbocycles. The number of amides is 5. The Kier molecular flexibility index (Phi) is 11.1. The lowest BCUT2D eigenvalue weighted by atomic mass is 10.0. The molecule has 2 atom stereocenters. The van der Waals surface area contributed by atoms with Crippen LogP contribution in [-0.2, 0) is 14.4 Å². The lowest BCUT2D eigenvalue weighted by Crippen LogP contribution is -2.54. The maximum atomic E-state index is 13.4. The smallest absolute Gasteiger partial charge is 0.262 e. The van der Waals surface area contributed by atoms with Crippen LogP contribution < -0.4 is 21.1 Å². The Labute approximate surface area is 334 Å². The molecule has 0 bridgehead atoms. The molecule has 0 radical (unpaired) electrons. The van der Waals surface area contributed by atoms with Gasteiger partial charge in [0.25, 0.3) is 11.8 Å². The fraction of sp³-hybridized carbons (Fsp3) is 0.349. The van der Waals surface area contributed by atoms with E-state index in [2.05, 4.69) is 20.6 Å². The summed E-state index contributed by atoms with van der Waals surface area (Å²) in [4.78, 5) is 75.1. The van der Waals surface area contributed by atoms with E-state index < -0.39 is 29.7 Å². The molecule has 0 spiro atoms. The zero-order valence-corrected chi connectivity index (χ0v) is 32.1. The number of hydrogen-bond acceptors (Lipinski definition) is 11. The van der Waals surface area contributed by atoms with E-state index in [1.807, 2.05) is 64.2 Å². The Morgan fingerprint density at radius 3 is 2.43 bits per heavy atom. The molecule has 5 amide bonds. The third-order valence-electron chi connectivity index (χ3n) is 11.1. The van der Waals surface area contributed by atoms with Gasteiger partial charge in [0.2, 0.25) is 17.7 Å². The van der Waals surface area contributed by atoms with E-state index in [1.54, 1.807) is 18.2 Å². The van der Waals surface area contributed by atoms with Crippen LogP contribution in [-0.4, -0.2) is 84.8 Å². The topological polar surface area (TPSA) is 195 Å². The van der Waals surface area contributed by atoms with Crippen molar-refractivity contribution in [3.63, 3.8) is 0 Å². The molecule has 8 rings (SSSR count). The maximum Gasteiger partial charge on any atom is 0.262 e. The zero-order chi connectivity index (χ0) is 40.2. The molecule has 1 unspecified atom stereocenters. The summed E-state index contributed by atoms with van der Waals surface area (Å²) in [6.07, 6.45) is 8.46. The number of rotatable bonds is 14. The highest BCUT2D eigenvalue weighted by Crippen LogP contribution is 2.35. The molecule has 2 saturated heterocycles. The van der Waals surface area contributed by atoms with Gasteiger partial charge in [-0.25, -0.2) is 14.6 Å². The molecule has 15 nitrogen and oxygen atoms in total. The predicted molar refractivity (Wildman–Crippen MR) is 216 cm³/mol. The Morgan fingerprint density at radius 1 is 0.862 bits per heavy atom. The number of ether oxygens (including phenoxy) is 1. The number of unbranched alkanes of at least 4 members (excludes halogenated alkanes) is 4. The van der Waals surface area contributed by atoms with Gasteiger partial charge in [0.15, 0.2) is 5.65 Å². The van der Waals surface area contributed by atoms with E-state index in [-0.39, 0.29) is 35.9 Å². The van der Waals surface area contributed by atoms with Crippen LogP contribution in [0.5, 0.6) is 11.5 Å². The zero-order valence-electron chi connectivity index (χ0n) is 32.1. The number of piperidine rings is 2. The van der Waals surface area contributed by atoms with Gasteiger partial charge in [0, 0.05) is 43.7 Å². The molecule has 0 saturated carbocycles. The first-order chi connectivity index (χ1) is 28.2. The lowest BCUT2D eigenvalue weighted by molar-refractivity contribution is -0.136. The van der Waals surface area contributed by atoms with Crippen molar-refractivity contribution in [3.8, 4) is 22.8 Å². The van der Waals surface area contributed by atoms with E-state index in [0.717, 1.165) is 61.2 Å². The Balaban J connectivity index is 0.792. The number of nitrogens with zero attached hydrogens (tertiary/aromatic N) is 6. The van der Waals surface area contributed by atoms with E-state index >= 15 is 0 Å². The minimum atomic E-state index is -0.988. The molecule has 15 heteroatoms. The molecule has 2 fully saturated rings. The van der Waals surface area contributed by atoms with Crippen molar-refractivity contribution < 1.29 is 28.7 Å². The summed E-state index contributed by atoms with van der Waals surface area (Å²) in [5.41, 5.74) is 9.83. The second-order valence-electron chi connectivity index (χ2n) is 15.0. The van der Waals surface area contributed by atoms with Crippen LogP contribution in [0.15, 0.2) is 79.1 Å². The van der Waals surface area contributed by atoms with Crippen LogP contribution in [0, 0.1) is 0 Å². The van der Waals surface area contributed by atoms with Gasteiger partial charge in [-0.05, 0) is 86.7 Å². The summed E-state index contributed by atoms with van der Waals surface area (Å²) in [7, 11) is 0. The first-order valence-electron chi connectivity index (χ1n) is 19.9.